The van der Waals surface area contributed by atoms with Crippen molar-refractivity contribution >= 4 is 16.1 Å². The Morgan fingerprint density at radius 1 is 1.37 bits per heavy atom. The van der Waals surface area contributed by atoms with Crippen molar-refractivity contribution in [2.45, 2.75) is 37.3 Å². The summed E-state index contributed by atoms with van der Waals surface area (Å²) >= 11 is 0. The first kappa shape index (κ1) is 16.0. The first-order chi connectivity index (χ1) is 8.65. The van der Waals surface area contributed by atoms with Gasteiger partial charge in [-0.15, -0.1) is 0 Å². The van der Waals surface area contributed by atoms with Crippen molar-refractivity contribution in [3.8, 4) is 0 Å². The number of esters is 1. The zero-order chi connectivity index (χ0) is 14.7. The fraction of sp³-hybridized carbons (Fsp3) is 0.700. The van der Waals surface area contributed by atoms with Crippen LogP contribution in [0.25, 0.3) is 0 Å². The van der Waals surface area contributed by atoms with Gasteiger partial charge in [0.15, 0.2) is 5.60 Å². The highest BCUT2D eigenvalue weighted by molar-refractivity contribution is 7.87. The van der Waals surface area contributed by atoms with Crippen molar-refractivity contribution in [3.05, 3.63) is 12.2 Å². The van der Waals surface area contributed by atoms with E-state index in [1.54, 1.807) is 6.08 Å². The third-order valence-electron chi connectivity index (χ3n) is 2.53. The van der Waals surface area contributed by atoms with E-state index in [0.29, 0.717) is 0 Å². The number of carbonyl (C=O) groups excluding carboxylic acids is 1. The maximum atomic E-state index is 12.3. The lowest BCUT2D eigenvalue weighted by Gasteiger charge is -2.31. The average molecular weight is 302 g/mol. The monoisotopic (exact) mass is 302 g/mol. The van der Waals surface area contributed by atoms with Gasteiger partial charge in [0.2, 0.25) is 0 Å². The van der Waals surface area contributed by atoms with Gasteiger partial charge in [0, 0.05) is 6.42 Å². The Morgan fingerprint density at radius 2 is 2.00 bits per heavy atom. The number of hydrogen-bond acceptors (Lipinski definition) is 5. The molecule has 0 aliphatic heterocycles. The number of halogens is 3. The first-order valence-corrected chi connectivity index (χ1v) is 6.89. The van der Waals surface area contributed by atoms with Crippen LogP contribution in [0.5, 0.6) is 0 Å². The molecule has 0 aromatic heterocycles. The molecule has 1 aliphatic carbocycles. The van der Waals surface area contributed by atoms with Crippen LogP contribution in [0.15, 0.2) is 12.2 Å². The summed E-state index contributed by atoms with van der Waals surface area (Å²) in [7, 11) is -5.85. The Morgan fingerprint density at radius 3 is 2.42 bits per heavy atom. The van der Waals surface area contributed by atoms with Gasteiger partial charge in [0.1, 0.15) is 0 Å². The Hall–Kier alpha value is -1.09. The highest BCUT2D eigenvalue weighted by Gasteiger charge is 2.55. The molecule has 0 spiro atoms. The van der Waals surface area contributed by atoms with E-state index in [0.717, 1.165) is 0 Å². The van der Waals surface area contributed by atoms with Gasteiger partial charge in [-0.1, -0.05) is 12.2 Å². The molecule has 1 aliphatic rings. The molecule has 0 aromatic rings. The summed E-state index contributed by atoms with van der Waals surface area (Å²) in [5.41, 5.74) is -7.70. The number of rotatable bonds is 4. The summed E-state index contributed by atoms with van der Waals surface area (Å²) in [6, 6.07) is 0. The van der Waals surface area contributed by atoms with Crippen LogP contribution in [0, 0.1) is 0 Å². The van der Waals surface area contributed by atoms with Crippen molar-refractivity contribution in [1.82, 2.24) is 0 Å². The van der Waals surface area contributed by atoms with Gasteiger partial charge < -0.3 is 4.74 Å². The quantitative estimate of drug-likeness (QED) is 0.343. The van der Waals surface area contributed by atoms with E-state index in [1.165, 1.54) is 13.0 Å². The molecule has 0 radical (unpaired) electrons. The van der Waals surface area contributed by atoms with Crippen LogP contribution in [0.3, 0.4) is 0 Å². The van der Waals surface area contributed by atoms with Crippen molar-refractivity contribution in [2.75, 3.05) is 6.61 Å². The molecule has 0 bridgehead atoms. The zero-order valence-corrected chi connectivity index (χ0v) is 10.9. The van der Waals surface area contributed by atoms with Crippen LogP contribution >= 0.6 is 0 Å². The maximum Gasteiger partial charge on any atom is 0.523 e. The van der Waals surface area contributed by atoms with Crippen LogP contribution in [0.2, 0.25) is 0 Å². The van der Waals surface area contributed by atoms with E-state index in [2.05, 4.69) is 8.92 Å². The second kappa shape index (κ2) is 5.49. The van der Waals surface area contributed by atoms with Crippen LogP contribution in [-0.2, 0) is 23.8 Å². The summed E-state index contributed by atoms with van der Waals surface area (Å²) in [5, 5.41) is 0. The van der Waals surface area contributed by atoms with Gasteiger partial charge in [-0.05, 0) is 19.8 Å². The molecule has 9 heteroatoms. The Balaban J connectivity index is 3.07. The molecule has 19 heavy (non-hydrogen) atoms. The number of allylic oxidation sites excluding steroid dienone is 1. The molecule has 1 atom stereocenters. The van der Waals surface area contributed by atoms with Crippen LogP contribution in [0.1, 0.15) is 26.2 Å². The number of hydrogen-bond donors (Lipinski definition) is 0. The standard InChI is InChI=1S/C10H13F3O5S/c1-2-17-8(14)9(6-4-3-5-7-9)18-19(15,16)10(11,12)13/h3-4H,2,5-7H2,1H3. The van der Waals surface area contributed by atoms with Crippen molar-refractivity contribution < 1.29 is 35.3 Å². The SMILES string of the molecule is CCOC(=O)C1(OS(=O)(=O)C(F)(F)F)CC=CCC1. The lowest BCUT2D eigenvalue weighted by molar-refractivity contribution is -0.163. The molecule has 1 unspecified atom stereocenters. The Kier molecular flexibility index (Phi) is 4.62. The lowest BCUT2D eigenvalue weighted by Crippen LogP contribution is -2.47. The molecule has 0 aromatic carbocycles. The normalized spacial score (nSPS) is 24.2. The summed E-state index contributed by atoms with van der Waals surface area (Å²) in [6.45, 7) is 1.38. The molecular weight excluding hydrogens is 289 g/mol. The average Bonchev–Trinajstić information content (AvgIpc) is 2.28. The van der Waals surface area contributed by atoms with E-state index in [1.807, 2.05) is 0 Å². The van der Waals surface area contributed by atoms with Gasteiger partial charge in [0.05, 0.1) is 6.61 Å². The molecule has 0 heterocycles. The highest BCUT2D eigenvalue weighted by atomic mass is 32.2. The third kappa shape index (κ3) is 3.47. The molecule has 0 saturated carbocycles. The minimum absolute atomic E-state index is 0.0836. The maximum absolute atomic E-state index is 12.3. The van der Waals surface area contributed by atoms with Gasteiger partial charge >= 0.3 is 21.6 Å². The van der Waals surface area contributed by atoms with Crippen LogP contribution < -0.4 is 0 Å². The molecule has 1 rings (SSSR count). The molecular formula is C10H13F3O5S. The minimum atomic E-state index is -5.85. The van der Waals surface area contributed by atoms with Gasteiger partial charge in [-0.2, -0.15) is 21.6 Å². The van der Waals surface area contributed by atoms with Gasteiger partial charge in [-0.25, -0.2) is 8.98 Å². The molecule has 0 amide bonds. The van der Waals surface area contributed by atoms with E-state index in [4.69, 9.17) is 0 Å². The predicted molar refractivity (Wildman–Crippen MR) is 58.4 cm³/mol. The summed E-state index contributed by atoms with van der Waals surface area (Å²) in [5.74, 6) is -1.10. The largest absolute Gasteiger partial charge is 0.523 e. The van der Waals surface area contributed by atoms with Gasteiger partial charge in [0.25, 0.3) is 0 Å². The second-order valence-corrected chi connectivity index (χ2v) is 5.45. The number of alkyl halides is 3. The van der Waals surface area contributed by atoms with E-state index in [9.17, 15) is 26.4 Å². The molecule has 5 nitrogen and oxygen atoms in total. The fourth-order valence-electron chi connectivity index (χ4n) is 1.63. The minimum Gasteiger partial charge on any atom is -0.464 e. The Bertz CT molecular complexity index is 468. The molecule has 110 valence electrons. The topological polar surface area (TPSA) is 69.7 Å². The van der Waals surface area contributed by atoms with Crippen molar-refractivity contribution in [2.24, 2.45) is 0 Å². The molecule has 0 fully saturated rings. The summed E-state index contributed by atoms with van der Waals surface area (Å²) in [6.07, 6.45) is 2.79. The predicted octanol–water partition coefficient (Wildman–Crippen LogP) is 1.89. The number of carbonyl (C=O) groups is 1. The number of ether oxygens (including phenoxy) is 1. The summed E-state index contributed by atoms with van der Waals surface area (Å²) < 4.78 is 67.9. The Labute approximate surface area is 108 Å². The van der Waals surface area contributed by atoms with Gasteiger partial charge in [-0.3, -0.25) is 0 Å². The van der Waals surface area contributed by atoms with Crippen LogP contribution in [-0.4, -0.2) is 32.1 Å². The van der Waals surface area contributed by atoms with E-state index in [-0.39, 0.29) is 25.9 Å². The smallest absolute Gasteiger partial charge is 0.464 e. The highest BCUT2D eigenvalue weighted by Crippen LogP contribution is 2.36. The van der Waals surface area contributed by atoms with Crippen molar-refractivity contribution in [1.29, 1.82) is 0 Å². The van der Waals surface area contributed by atoms with E-state index < -0.39 is 27.2 Å². The lowest BCUT2D eigenvalue weighted by atomic mass is 9.89. The summed E-state index contributed by atoms with van der Waals surface area (Å²) in [4.78, 5) is 11.7. The first-order valence-electron chi connectivity index (χ1n) is 5.49. The van der Waals surface area contributed by atoms with Crippen LogP contribution in [0.4, 0.5) is 13.2 Å². The molecule has 0 saturated heterocycles. The zero-order valence-electron chi connectivity index (χ0n) is 10.1. The van der Waals surface area contributed by atoms with E-state index >= 15 is 0 Å². The third-order valence-corrected chi connectivity index (χ3v) is 3.63. The molecule has 0 N–H and O–H groups in total. The second-order valence-electron chi connectivity index (χ2n) is 3.91. The fourth-order valence-corrected chi connectivity index (χ4v) is 2.36. The van der Waals surface area contributed by atoms with Crippen molar-refractivity contribution in [3.63, 3.8) is 0 Å².